The van der Waals surface area contributed by atoms with E-state index in [1.165, 1.54) is 36.0 Å². The Bertz CT molecular complexity index is 816. The topological polar surface area (TPSA) is 60.6 Å². The standard InChI is InChI=1S/C18H21FN6/c19-16-9-14(4-5-17(16)25-13-21-12-22-25)10-20-7-6-15-11-24-8-2-1-3-18(24)23-15/h4-5,9,11-13,20H,1-3,6-8,10H2. The van der Waals surface area contributed by atoms with Crippen LogP contribution in [-0.2, 0) is 25.9 Å². The van der Waals surface area contributed by atoms with Crippen LogP contribution in [0, 0.1) is 5.82 Å². The predicted molar refractivity (Wildman–Crippen MR) is 91.9 cm³/mol. The highest BCUT2D eigenvalue weighted by Gasteiger charge is 2.11. The molecule has 0 atom stereocenters. The molecule has 0 bridgehead atoms. The van der Waals surface area contributed by atoms with Crippen molar-refractivity contribution in [2.75, 3.05) is 6.54 Å². The summed E-state index contributed by atoms with van der Waals surface area (Å²) in [7, 11) is 0. The third kappa shape index (κ3) is 3.61. The smallest absolute Gasteiger partial charge is 0.149 e. The van der Waals surface area contributed by atoms with Gasteiger partial charge in [-0.1, -0.05) is 6.07 Å². The molecule has 7 heteroatoms. The maximum atomic E-state index is 14.2. The fourth-order valence-electron chi connectivity index (χ4n) is 3.22. The van der Waals surface area contributed by atoms with Crippen LogP contribution in [0.5, 0.6) is 0 Å². The number of aryl methyl sites for hydroxylation is 2. The molecule has 0 spiro atoms. The first-order chi connectivity index (χ1) is 12.3. The lowest BCUT2D eigenvalue weighted by atomic mass is 10.2. The first kappa shape index (κ1) is 16.0. The van der Waals surface area contributed by atoms with Gasteiger partial charge >= 0.3 is 0 Å². The molecule has 3 heterocycles. The van der Waals surface area contributed by atoms with Gasteiger partial charge in [-0.3, -0.25) is 0 Å². The number of benzene rings is 1. The van der Waals surface area contributed by atoms with Crippen LogP contribution in [-0.4, -0.2) is 30.9 Å². The van der Waals surface area contributed by atoms with Crippen LogP contribution in [0.1, 0.15) is 29.9 Å². The number of fused-ring (bicyclic) bond motifs is 1. The van der Waals surface area contributed by atoms with Gasteiger partial charge in [0.2, 0.25) is 0 Å². The number of halogens is 1. The van der Waals surface area contributed by atoms with Gasteiger partial charge in [-0.15, -0.1) is 0 Å². The molecule has 1 aromatic carbocycles. The summed E-state index contributed by atoms with van der Waals surface area (Å²) in [4.78, 5) is 8.54. The van der Waals surface area contributed by atoms with Crippen molar-refractivity contribution in [2.24, 2.45) is 0 Å². The van der Waals surface area contributed by atoms with Crippen molar-refractivity contribution in [3.05, 3.63) is 59.9 Å². The summed E-state index contributed by atoms with van der Waals surface area (Å²) >= 11 is 0. The van der Waals surface area contributed by atoms with Crippen LogP contribution in [0.15, 0.2) is 37.1 Å². The van der Waals surface area contributed by atoms with Crippen molar-refractivity contribution < 1.29 is 4.39 Å². The Kier molecular flexibility index (Phi) is 4.56. The highest BCUT2D eigenvalue weighted by Crippen LogP contribution is 2.15. The van der Waals surface area contributed by atoms with E-state index in [1.54, 1.807) is 12.1 Å². The molecule has 0 amide bonds. The van der Waals surface area contributed by atoms with E-state index in [0.29, 0.717) is 12.2 Å². The van der Waals surface area contributed by atoms with Crippen LogP contribution >= 0.6 is 0 Å². The van der Waals surface area contributed by atoms with Gasteiger partial charge in [0.15, 0.2) is 0 Å². The van der Waals surface area contributed by atoms with E-state index in [2.05, 4.69) is 26.2 Å². The van der Waals surface area contributed by atoms with E-state index in [4.69, 9.17) is 4.98 Å². The molecular weight excluding hydrogens is 319 g/mol. The number of nitrogens with zero attached hydrogens (tertiary/aromatic N) is 5. The van der Waals surface area contributed by atoms with Gasteiger partial charge in [0.05, 0.1) is 5.69 Å². The average Bonchev–Trinajstić information content (AvgIpc) is 3.28. The normalized spacial score (nSPS) is 13.8. The van der Waals surface area contributed by atoms with Gasteiger partial charge in [0, 0.05) is 38.7 Å². The van der Waals surface area contributed by atoms with E-state index < -0.39 is 0 Å². The molecule has 130 valence electrons. The third-order valence-corrected chi connectivity index (χ3v) is 4.52. The van der Waals surface area contributed by atoms with Crippen molar-refractivity contribution in [2.45, 2.75) is 38.8 Å². The molecule has 0 aliphatic carbocycles. The summed E-state index contributed by atoms with van der Waals surface area (Å²) < 4.78 is 17.9. The van der Waals surface area contributed by atoms with Crippen molar-refractivity contribution in [3.63, 3.8) is 0 Å². The molecule has 3 aromatic rings. The van der Waals surface area contributed by atoms with Crippen LogP contribution in [0.3, 0.4) is 0 Å². The minimum atomic E-state index is -0.299. The van der Waals surface area contributed by atoms with Crippen LogP contribution in [0.4, 0.5) is 4.39 Å². The van der Waals surface area contributed by atoms with E-state index in [1.807, 2.05) is 6.07 Å². The second-order valence-corrected chi connectivity index (χ2v) is 6.35. The molecule has 0 radical (unpaired) electrons. The molecule has 25 heavy (non-hydrogen) atoms. The summed E-state index contributed by atoms with van der Waals surface area (Å²) in [5, 5.41) is 7.32. The summed E-state index contributed by atoms with van der Waals surface area (Å²) in [5.74, 6) is 0.915. The minimum Gasteiger partial charge on any atom is -0.335 e. The molecule has 0 saturated heterocycles. The van der Waals surface area contributed by atoms with Crippen molar-refractivity contribution in [1.29, 1.82) is 0 Å². The first-order valence-electron chi connectivity index (χ1n) is 8.69. The fourth-order valence-corrected chi connectivity index (χ4v) is 3.22. The molecule has 0 fully saturated rings. The molecule has 2 aromatic heterocycles. The molecule has 4 rings (SSSR count). The van der Waals surface area contributed by atoms with Gasteiger partial charge in [0.1, 0.15) is 30.0 Å². The molecule has 1 N–H and O–H groups in total. The van der Waals surface area contributed by atoms with Gasteiger partial charge in [-0.25, -0.2) is 19.0 Å². The second kappa shape index (κ2) is 7.14. The Balaban J connectivity index is 1.30. The lowest BCUT2D eigenvalue weighted by Gasteiger charge is -2.11. The quantitative estimate of drug-likeness (QED) is 0.699. The lowest BCUT2D eigenvalue weighted by Crippen LogP contribution is -2.17. The Hall–Kier alpha value is -2.54. The lowest BCUT2D eigenvalue weighted by molar-refractivity contribution is 0.522. The van der Waals surface area contributed by atoms with E-state index in [0.717, 1.165) is 37.2 Å². The van der Waals surface area contributed by atoms with Gasteiger partial charge in [-0.2, -0.15) is 5.10 Å². The van der Waals surface area contributed by atoms with Gasteiger partial charge in [0.25, 0.3) is 0 Å². The number of hydrogen-bond acceptors (Lipinski definition) is 4. The molecular formula is C18H21FN6. The molecule has 1 aliphatic rings. The Morgan fingerprint density at radius 2 is 2.20 bits per heavy atom. The fraction of sp³-hybridized carbons (Fsp3) is 0.389. The largest absolute Gasteiger partial charge is 0.335 e. The summed E-state index contributed by atoms with van der Waals surface area (Å²) in [6.45, 7) is 2.54. The Labute approximate surface area is 145 Å². The monoisotopic (exact) mass is 340 g/mol. The zero-order valence-corrected chi connectivity index (χ0v) is 14.0. The number of hydrogen-bond donors (Lipinski definition) is 1. The summed E-state index contributed by atoms with van der Waals surface area (Å²) in [6.07, 6.45) is 9.51. The van der Waals surface area contributed by atoms with Crippen LogP contribution < -0.4 is 5.32 Å². The SMILES string of the molecule is Fc1cc(CNCCc2cn3c(n2)CCCC3)ccc1-n1cncn1. The zero-order chi connectivity index (χ0) is 17.1. The number of nitrogens with one attached hydrogen (secondary N) is 1. The molecule has 6 nitrogen and oxygen atoms in total. The number of aromatic nitrogens is 5. The molecule has 1 aliphatic heterocycles. The predicted octanol–water partition coefficient (Wildman–Crippen LogP) is 2.27. The van der Waals surface area contributed by atoms with Gasteiger partial charge in [-0.05, 0) is 30.5 Å². The van der Waals surface area contributed by atoms with Crippen molar-refractivity contribution in [3.8, 4) is 5.69 Å². The maximum Gasteiger partial charge on any atom is 0.149 e. The Morgan fingerprint density at radius 1 is 1.24 bits per heavy atom. The number of imidazole rings is 1. The maximum absolute atomic E-state index is 14.2. The number of rotatable bonds is 6. The molecule has 0 saturated carbocycles. The zero-order valence-electron chi connectivity index (χ0n) is 14.0. The Morgan fingerprint density at radius 3 is 3.00 bits per heavy atom. The third-order valence-electron chi connectivity index (χ3n) is 4.52. The van der Waals surface area contributed by atoms with Crippen molar-refractivity contribution >= 4 is 0 Å². The second-order valence-electron chi connectivity index (χ2n) is 6.35. The molecule has 0 unspecified atom stereocenters. The van der Waals surface area contributed by atoms with Gasteiger partial charge < -0.3 is 9.88 Å². The van der Waals surface area contributed by atoms with Crippen molar-refractivity contribution in [1.82, 2.24) is 29.6 Å². The highest BCUT2D eigenvalue weighted by atomic mass is 19.1. The van der Waals surface area contributed by atoms with E-state index in [-0.39, 0.29) is 5.82 Å². The summed E-state index contributed by atoms with van der Waals surface area (Å²) in [5.41, 5.74) is 2.45. The van der Waals surface area contributed by atoms with Crippen LogP contribution in [0.2, 0.25) is 0 Å². The van der Waals surface area contributed by atoms with Crippen LogP contribution in [0.25, 0.3) is 5.69 Å². The average molecular weight is 340 g/mol. The first-order valence-corrected chi connectivity index (χ1v) is 8.69. The van der Waals surface area contributed by atoms with E-state index in [9.17, 15) is 4.39 Å². The highest BCUT2D eigenvalue weighted by molar-refractivity contribution is 5.35. The minimum absolute atomic E-state index is 0.299. The van der Waals surface area contributed by atoms with E-state index >= 15 is 0 Å². The summed E-state index contributed by atoms with van der Waals surface area (Å²) in [6, 6.07) is 5.17.